The van der Waals surface area contributed by atoms with Crippen LogP contribution in [0.5, 0.6) is 0 Å². The van der Waals surface area contributed by atoms with Gasteiger partial charge in [-0.1, -0.05) is 19.1 Å². The van der Waals surface area contributed by atoms with Gasteiger partial charge >= 0.3 is 11.9 Å². The smallest absolute Gasteiger partial charge is 0.331 e. The Kier molecular flexibility index (Phi) is 7.40. The number of hydrogen-bond donors (Lipinski definition) is 3. The van der Waals surface area contributed by atoms with Gasteiger partial charge in [0.05, 0.1) is 11.1 Å². The fourth-order valence-electron chi connectivity index (χ4n) is 3.73. The molecule has 3 unspecified atom stereocenters. The fraction of sp³-hybridized carbons (Fsp3) is 0.583. The molecule has 0 bridgehead atoms. The van der Waals surface area contributed by atoms with Gasteiger partial charge in [0.2, 0.25) is 0 Å². The van der Waals surface area contributed by atoms with E-state index >= 15 is 0 Å². The van der Waals surface area contributed by atoms with E-state index in [0.717, 1.165) is 0 Å². The first kappa shape index (κ1) is 26.5. The summed E-state index contributed by atoms with van der Waals surface area (Å²) in [4.78, 5) is 50.3. The van der Waals surface area contributed by atoms with Crippen molar-refractivity contribution < 1.29 is 28.7 Å². The number of rotatable bonds is 7. The Bertz CT molecular complexity index is 960. The Morgan fingerprint density at radius 3 is 2.12 bits per heavy atom. The monoisotopic (exact) mass is 461 g/mol. The minimum Gasteiger partial charge on any atom is -0.460 e. The van der Waals surface area contributed by atoms with E-state index in [1.54, 1.807) is 54.5 Å². The molecule has 0 aliphatic carbocycles. The average Bonchev–Trinajstić information content (AvgIpc) is 2.96. The molecule has 0 fully saturated rings. The van der Waals surface area contributed by atoms with E-state index in [4.69, 9.17) is 20.9 Å². The largest absolute Gasteiger partial charge is 0.460 e. The van der Waals surface area contributed by atoms with Crippen LogP contribution in [0.1, 0.15) is 87.6 Å². The van der Waals surface area contributed by atoms with Crippen molar-refractivity contribution in [3.63, 3.8) is 0 Å². The molecule has 0 aromatic heterocycles. The molecule has 2 amide bonds. The number of amides is 2. The number of carbonyl (C=O) groups is 4. The van der Waals surface area contributed by atoms with Gasteiger partial charge in [-0.05, 0) is 59.6 Å². The lowest BCUT2D eigenvalue weighted by molar-refractivity contribution is -0.165. The van der Waals surface area contributed by atoms with E-state index in [1.165, 1.54) is 12.1 Å². The molecule has 0 saturated heterocycles. The second kappa shape index (κ2) is 9.23. The number of nitrogens with two attached hydrogens (primary N) is 2. The Labute approximate surface area is 194 Å². The first-order valence-electron chi connectivity index (χ1n) is 11.0. The molecule has 1 aromatic rings. The highest BCUT2D eigenvalue weighted by Gasteiger charge is 2.50. The van der Waals surface area contributed by atoms with Gasteiger partial charge in [-0.25, -0.2) is 4.79 Å². The summed E-state index contributed by atoms with van der Waals surface area (Å²) in [5, 5.41) is 2.23. The molecule has 182 valence electrons. The van der Waals surface area contributed by atoms with Gasteiger partial charge < -0.3 is 20.9 Å². The number of esters is 2. The van der Waals surface area contributed by atoms with Crippen LogP contribution in [0.2, 0.25) is 0 Å². The Morgan fingerprint density at radius 1 is 1.00 bits per heavy atom. The normalized spacial score (nSPS) is 17.5. The molecule has 0 radical (unpaired) electrons. The molecular weight excluding hydrogens is 426 g/mol. The first-order chi connectivity index (χ1) is 15.0. The lowest BCUT2D eigenvalue weighted by atomic mass is 9.73. The van der Waals surface area contributed by atoms with Crippen LogP contribution in [0.25, 0.3) is 0 Å². The Balaban J connectivity index is 2.46. The summed E-state index contributed by atoms with van der Waals surface area (Å²) < 4.78 is 10.9. The van der Waals surface area contributed by atoms with E-state index in [-0.39, 0.29) is 29.5 Å². The van der Waals surface area contributed by atoms with Crippen LogP contribution in [0.15, 0.2) is 18.2 Å². The highest BCUT2D eigenvalue weighted by atomic mass is 16.6. The van der Waals surface area contributed by atoms with Crippen LogP contribution in [0, 0.1) is 5.92 Å². The number of ether oxygens (including phenoxy) is 2. The molecule has 2 rings (SSSR count). The molecule has 3 atom stereocenters. The van der Waals surface area contributed by atoms with E-state index in [9.17, 15) is 19.2 Å². The maximum Gasteiger partial charge on any atom is 0.331 e. The maximum absolute atomic E-state index is 13.4. The molecule has 9 nitrogen and oxygen atoms in total. The molecule has 0 saturated carbocycles. The molecule has 1 aliphatic rings. The summed E-state index contributed by atoms with van der Waals surface area (Å²) in [6, 6.07) is 3.85. The van der Waals surface area contributed by atoms with Crippen molar-refractivity contribution in [2.75, 3.05) is 0 Å². The molecule has 1 aliphatic heterocycles. The second-order valence-electron chi connectivity index (χ2n) is 10.5. The van der Waals surface area contributed by atoms with Crippen molar-refractivity contribution in [1.29, 1.82) is 0 Å². The molecule has 0 spiro atoms. The van der Waals surface area contributed by atoms with Crippen molar-refractivity contribution in [3.05, 3.63) is 34.9 Å². The lowest BCUT2D eigenvalue weighted by Crippen LogP contribution is -2.58. The third-order valence-electron chi connectivity index (χ3n) is 5.41. The summed E-state index contributed by atoms with van der Waals surface area (Å²) >= 11 is 0. The van der Waals surface area contributed by atoms with Crippen LogP contribution in [0.4, 0.5) is 0 Å². The van der Waals surface area contributed by atoms with Crippen LogP contribution in [-0.2, 0) is 24.6 Å². The van der Waals surface area contributed by atoms with Gasteiger partial charge in [-0.2, -0.15) is 0 Å². The number of hydrogen-bond acceptors (Lipinski definition) is 8. The molecule has 5 N–H and O–H groups in total. The standard InChI is InChI=1S/C24H35N3O6/c1-13(16(25)11-12-17(28)32-22(2,3)4)24(26,21(31)33-23(5,6)7)15-10-8-9-14-18(15)20(30)27-19(14)29/h8-10,13,16H,11-12,25-26H2,1-7H3,(H,27,29,30). The minimum atomic E-state index is -1.85. The molecule has 1 heterocycles. The van der Waals surface area contributed by atoms with E-state index < -0.39 is 52.5 Å². The SMILES string of the molecule is CC(C(N)CCC(=O)OC(C)(C)C)C(N)(C(=O)OC(C)(C)C)c1cccc2c1C(=O)NC2=O. The molecule has 9 heteroatoms. The molecule has 1 aromatic carbocycles. The molecular formula is C24H35N3O6. The van der Waals surface area contributed by atoms with Gasteiger partial charge in [0.1, 0.15) is 16.7 Å². The number of imide groups is 1. The van der Waals surface area contributed by atoms with Crippen LogP contribution >= 0.6 is 0 Å². The van der Waals surface area contributed by atoms with Gasteiger partial charge in [0, 0.05) is 18.4 Å². The number of benzene rings is 1. The third kappa shape index (κ3) is 5.97. The maximum atomic E-state index is 13.4. The summed E-state index contributed by atoms with van der Waals surface area (Å²) in [7, 11) is 0. The van der Waals surface area contributed by atoms with Gasteiger partial charge in [0.15, 0.2) is 0 Å². The van der Waals surface area contributed by atoms with Crippen LogP contribution in [-0.4, -0.2) is 41.0 Å². The zero-order valence-electron chi connectivity index (χ0n) is 20.4. The zero-order chi connectivity index (χ0) is 25.4. The predicted octanol–water partition coefficient (Wildman–Crippen LogP) is 2.15. The number of carbonyl (C=O) groups excluding carboxylic acids is 4. The predicted molar refractivity (Wildman–Crippen MR) is 122 cm³/mol. The van der Waals surface area contributed by atoms with Crippen molar-refractivity contribution in [1.82, 2.24) is 5.32 Å². The second-order valence-corrected chi connectivity index (χ2v) is 10.5. The lowest BCUT2D eigenvalue weighted by Gasteiger charge is -2.39. The first-order valence-corrected chi connectivity index (χ1v) is 11.0. The number of fused-ring (bicyclic) bond motifs is 1. The van der Waals surface area contributed by atoms with Crippen molar-refractivity contribution >= 4 is 23.8 Å². The topological polar surface area (TPSA) is 151 Å². The highest BCUT2D eigenvalue weighted by Crippen LogP contribution is 2.37. The van der Waals surface area contributed by atoms with E-state index in [1.807, 2.05) is 0 Å². The van der Waals surface area contributed by atoms with E-state index in [2.05, 4.69) is 5.32 Å². The minimum absolute atomic E-state index is 0.0268. The fourth-order valence-corrected chi connectivity index (χ4v) is 3.73. The average molecular weight is 462 g/mol. The Hall–Kier alpha value is -2.78. The highest BCUT2D eigenvalue weighted by molar-refractivity contribution is 6.22. The zero-order valence-corrected chi connectivity index (χ0v) is 20.4. The summed E-state index contributed by atoms with van der Waals surface area (Å²) in [5.74, 6) is -3.17. The van der Waals surface area contributed by atoms with Crippen LogP contribution in [0.3, 0.4) is 0 Å². The summed E-state index contributed by atoms with van der Waals surface area (Å²) in [6.45, 7) is 12.1. The van der Waals surface area contributed by atoms with Gasteiger partial charge in [-0.3, -0.25) is 19.7 Å². The Morgan fingerprint density at radius 2 is 1.58 bits per heavy atom. The van der Waals surface area contributed by atoms with Crippen molar-refractivity contribution in [2.24, 2.45) is 17.4 Å². The summed E-state index contributed by atoms with van der Waals surface area (Å²) in [6.07, 6.45) is 0.219. The van der Waals surface area contributed by atoms with Gasteiger partial charge in [0.25, 0.3) is 11.8 Å². The summed E-state index contributed by atoms with van der Waals surface area (Å²) in [5.41, 5.74) is 10.1. The molecule has 33 heavy (non-hydrogen) atoms. The van der Waals surface area contributed by atoms with Crippen LogP contribution < -0.4 is 16.8 Å². The van der Waals surface area contributed by atoms with E-state index in [0.29, 0.717) is 0 Å². The third-order valence-corrected chi connectivity index (χ3v) is 5.41. The van der Waals surface area contributed by atoms with Crippen molar-refractivity contribution in [3.8, 4) is 0 Å². The quantitative estimate of drug-likeness (QED) is 0.413. The van der Waals surface area contributed by atoms with Crippen molar-refractivity contribution in [2.45, 2.75) is 84.1 Å². The van der Waals surface area contributed by atoms with Gasteiger partial charge in [-0.15, -0.1) is 0 Å². The number of nitrogens with one attached hydrogen (secondary N) is 1.